The molecule has 39 heavy (non-hydrogen) atoms. The number of rotatable bonds is 2. The highest BCUT2D eigenvalue weighted by atomic mass is 16.5. The maximum atomic E-state index is 6.52. The Hall–Kier alpha value is -5.02. The summed E-state index contributed by atoms with van der Waals surface area (Å²) in [6.45, 7) is 0. The average Bonchev–Trinajstić information content (AvgIpc) is 3.66. The second-order valence-corrected chi connectivity index (χ2v) is 10.4. The van der Waals surface area contributed by atoms with Crippen molar-refractivity contribution < 1.29 is 9.15 Å². The predicted octanol–water partition coefficient (Wildman–Crippen LogP) is 9.18. The molecule has 9 rings (SSSR count). The van der Waals surface area contributed by atoms with Crippen molar-refractivity contribution in [2.75, 3.05) is 0 Å². The smallest absolute Gasteiger partial charge is 0.137 e. The molecule has 184 valence electrons. The van der Waals surface area contributed by atoms with E-state index in [1.54, 1.807) is 0 Å². The Labute approximate surface area is 224 Å². The number of furan rings is 1. The van der Waals surface area contributed by atoms with Crippen molar-refractivity contribution >= 4 is 49.3 Å². The Kier molecular flexibility index (Phi) is 4.17. The first-order chi connectivity index (χ1) is 19.3. The summed E-state index contributed by atoms with van der Waals surface area (Å²) in [5, 5.41) is 4.77. The third-order valence-corrected chi connectivity index (χ3v) is 8.39. The number of benzene rings is 5. The van der Waals surface area contributed by atoms with E-state index in [-0.39, 0.29) is 12.0 Å². The van der Waals surface area contributed by atoms with E-state index in [0.29, 0.717) is 0 Å². The van der Waals surface area contributed by atoms with Gasteiger partial charge in [0.15, 0.2) is 0 Å². The number of ether oxygens (including phenoxy) is 1. The lowest BCUT2D eigenvalue weighted by Crippen LogP contribution is -2.21. The number of fused-ring (bicyclic) bond motifs is 9. The lowest BCUT2D eigenvalue weighted by molar-refractivity contribution is 0.278. The van der Waals surface area contributed by atoms with Crippen molar-refractivity contribution in [3.05, 3.63) is 139 Å². The quantitative estimate of drug-likeness (QED) is 0.236. The molecule has 0 saturated carbocycles. The van der Waals surface area contributed by atoms with Crippen molar-refractivity contribution in [1.29, 1.82) is 0 Å². The molecule has 7 aromatic rings. The van der Waals surface area contributed by atoms with Gasteiger partial charge in [-0.05, 0) is 42.0 Å². The number of hydrogen-bond donors (Lipinski definition) is 0. The van der Waals surface area contributed by atoms with E-state index in [0.717, 1.165) is 33.4 Å². The van der Waals surface area contributed by atoms with Gasteiger partial charge < -0.3 is 13.7 Å². The molecule has 0 fully saturated rings. The van der Waals surface area contributed by atoms with Crippen LogP contribution in [0.1, 0.15) is 17.0 Å². The Balaban J connectivity index is 1.23. The van der Waals surface area contributed by atoms with Crippen LogP contribution in [0.4, 0.5) is 0 Å². The number of hydrogen-bond acceptors (Lipinski definition) is 2. The lowest BCUT2D eigenvalue weighted by atomic mass is 9.83. The molecule has 2 unspecified atom stereocenters. The van der Waals surface area contributed by atoms with Crippen molar-refractivity contribution in [1.82, 2.24) is 4.57 Å². The van der Waals surface area contributed by atoms with E-state index >= 15 is 0 Å². The minimum atomic E-state index is -0.0418. The summed E-state index contributed by atoms with van der Waals surface area (Å²) < 4.78 is 15.4. The summed E-state index contributed by atoms with van der Waals surface area (Å²) in [6, 6.07) is 38.5. The van der Waals surface area contributed by atoms with Gasteiger partial charge in [-0.3, -0.25) is 0 Å². The van der Waals surface area contributed by atoms with Crippen molar-refractivity contribution in [3.63, 3.8) is 0 Å². The van der Waals surface area contributed by atoms with E-state index in [4.69, 9.17) is 9.15 Å². The van der Waals surface area contributed by atoms with Gasteiger partial charge in [0, 0.05) is 50.4 Å². The van der Waals surface area contributed by atoms with Crippen LogP contribution in [0, 0.1) is 0 Å². The van der Waals surface area contributed by atoms with Crippen LogP contribution in [0.2, 0.25) is 0 Å². The Morgan fingerprint density at radius 1 is 0.641 bits per heavy atom. The van der Waals surface area contributed by atoms with Crippen LogP contribution < -0.4 is 4.74 Å². The first-order valence-corrected chi connectivity index (χ1v) is 13.4. The monoisotopic (exact) mass is 501 g/mol. The maximum absolute atomic E-state index is 6.52. The number of allylic oxidation sites excluding steroid dienone is 2. The fourth-order valence-electron chi connectivity index (χ4n) is 6.71. The number of nitrogens with zero attached hydrogens (tertiary/aromatic N) is 1. The summed E-state index contributed by atoms with van der Waals surface area (Å²) in [7, 11) is 0. The number of aromatic nitrogens is 1. The summed E-state index contributed by atoms with van der Waals surface area (Å²) in [5.74, 6) is 1.20. The summed E-state index contributed by atoms with van der Waals surface area (Å²) in [4.78, 5) is 0. The van der Waals surface area contributed by atoms with E-state index < -0.39 is 0 Å². The summed E-state index contributed by atoms with van der Waals surface area (Å²) in [5.41, 5.74) is 8.87. The molecule has 2 aliphatic rings. The van der Waals surface area contributed by atoms with Gasteiger partial charge in [0.2, 0.25) is 0 Å². The molecule has 0 N–H and O–H groups in total. The third kappa shape index (κ3) is 2.87. The molecule has 1 aliphatic heterocycles. The first kappa shape index (κ1) is 21.0. The normalized spacial score (nSPS) is 18.0. The second-order valence-electron chi connectivity index (χ2n) is 10.4. The van der Waals surface area contributed by atoms with Crippen LogP contribution in [-0.2, 0) is 0 Å². The van der Waals surface area contributed by atoms with Gasteiger partial charge in [0.1, 0.15) is 23.0 Å². The maximum Gasteiger partial charge on any atom is 0.137 e. The van der Waals surface area contributed by atoms with Crippen molar-refractivity contribution in [2.24, 2.45) is 0 Å². The van der Waals surface area contributed by atoms with Gasteiger partial charge in [0.25, 0.3) is 0 Å². The van der Waals surface area contributed by atoms with Crippen LogP contribution in [0.15, 0.2) is 132 Å². The molecular weight excluding hydrogens is 478 g/mol. The van der Waals surface area contributed by atoms with E-state index in [9.17, 15) is 0 Å². The van der Waals surface area contributed by atoms with Gasteiger partial charge in [-0.25, -0.2) is 0 Å². The molecule has 0 bridgehead atoms. The fourth-order valence-corrected chi connectivity index (χ4v) is 6.71. The Morgan fingerprint density at radius 3 is 2.26 bits per heavy atom. The molecule has 2 aromatic heterocycles. The minimum absolute atomic E-state index is 0.0418. The van der Waals surface area contributed by atoms with Crippen molar-refractivity contribution in [2.45, 2.75) is 12.0 Å². The number of para-hydroxylation sites is 3. The largest absolute Gasteiger partial charge is 0.484 e. The van der Waals surface area contributed by atoms with Gasteiger partial charge in [0.05, 0.1) is 11.0 Å². The van der Waals surface area contributed by atoms with Crippen LogP contribution in [0.3, 0.4) is 0 Å². The first-order valence-electron chi connectivity index (χ1n) is 13.4. The van der Waals surface area contributed by atoms with Crippen LogP contribution >= 0.6 is 0 Å². The second kappa shape index (κ2) is 7.75. The molecule has 0 radical (unpaired) electrons. The van der Waals surface area contributed by atoms with Gasteiger partial charge in [-0.15, -0.1) is 0 Å². The molecule has 0 spiro atoms. The molecule has 2 atom stereocenters. The standard InChI is InChI=1S/C36H23NO2/c1-4-15-30-23(9-1)24-10-2-5-16-31(24)37(30)22-19-20-29-34(21-22)38-33-18-8-12-26(35(29)33)28-14-7-13-27-25-11-3-6-17-32(25)39-36(27)28/h1-21,27,36H. The SMILES string of the molecule is C1=CC2c3ccccc3OC2C(c2cccc3oc4cc(-n5c6ccccc6c6ccccc65)ccc4c23)=C1. The minimum Gasteiger partial charge on any atom is -0.484 e. The highest BCUT2D eigenvalue weighted by Crippen LogP contribution is 2.47. The van der Waals surface area contributed by atoms with E-state index in [1.807, 2.05) is 6.07 Å². The molecule has 3 heteroatoms. The molecule has 0 saturated heterocycles. The molecule has 1 aliphatic carbocycles. The van der Waals surface area contributed by atoms with Crippen molar-refractivity contribution in [3.8, 4) is 11.4 Å². The van der Waals surface area contributed by atoms with E-state index in [1.165, 1.54) is 38.5 Å². The average molecular weight is 502 g/mol. The molecule has 5 aromatic carbocycles. The van der Waals surface area contributed by atoms with Gasteiger partial charge in [-0.2, -0.15) is 0 Å². The van der Waals surface area contributed by atoms with E-state index in [2.05, 4.69) is 126 Å². The summed E-state index contributed by atoms with van der Waals surface area (Å²) in [6.07, 6.45) is 6.59. The van der Waals surface area contributed by atoms with Crippen LogP contribution in [0.25, 0.3) is 55.0 Å². The zero-order valence-electron chi connectivity index (χ0n) is 21.0. The molecule has 3 nitrogen and oxygen atoms in total. The predicted molar refractivity (Wildman–Crippen MR) is 159 cm³/mol. The summed E-state index contributed by atoms with van der Waals surface area (Å²) >= 11 is 0. The molecule has 3 heterocycles. The van der Waals surface area contributed by atoms with Crippen LogP contribution in [-0.4, -0.2) is 10.7 Å². The topological polar surface area (TPSA) is 27.3 Å². The zero-order valence-corrected chi connectivity index (χ0v) is 21.0. The fraction of sp³-hybridized carbons (Fsp3) is 0.0556. The Bertz CT molecular complexity index is 2120. The third-order valence-electron chi connectivity index (χ3n) is 8.39. The lowest BCUT2D eigenvalue weighted by Gasteiger charge is -2.23. The highest BCUT2D eigenvalue weighted by molar-refractivity contribution is 6.12. The van der Waals surface area contributed by atoms with Crippen LogP contribution in [0.5, 0.6) is 5.75 Å². The Morgan fingerprint density at radius 2 is 1.41 bits per heavy atom. The van der Waals surface area contributed by atoms with Gasteiger partial charge >= 0.3 is 0 Å². The highest BCUT2D eigenvalue weighted by Gasteiger charge is 2.37. The molecular formula is C36H23NO2. The molecule has 0 amide bonds. The van der Waals surface area contributed by atoms with Gasteiger partial charge in [-0.1, -0.05) is 85.0 Å². The zero-order chi connectivity index (χ0) is 25.5.